The van der Waals surface area contributed by atoms with Crippen LogP contribution in [-0.2, 0) is 38.7 Å². The topological polar surface area (TPSA) is 88.1 Å². The molecule has 2 heterocycles. The van der Waals surface area contributed by atoms with Crippen molar-refractivity contribution in [1.29, 1.82) is 0 Å². The molecule has 0 radical (unpaired) electrons. The molecule has 0 amide bonds. The van der Waals surface area contributed by atoms with Gasteiger partial charge in [-0.1, -0.05) is 32.9 Å². The molecule has 32 heavy (non-hydrogen) atoms. The van der Waals surface area contributed by atoms with E-state index in [0.717, 1.165) is 10.5 Å². The standard InChI is InChI=1S/C24H32O7S/c1-13(25)10-28-11-19-23(30-15(3)27)22(29-14(2)26)18-12-32-20-8-7-16(24(4,5)6)9-17(20)21(18)31-19/h7-9,18-19,21-23H,10-12H2,1-6H3/t18-,19+,21+,22+,23+/m0/s1. The molecule has 0 aromatic heterocycles. The number of ether oxygens (including phenoxy) is 4. The van der Waals surface area contributed by atoms with Gasteiger partial charge in [0.1, 0.15) is 18.8 Å². The summed E-state index contributed by atoms with van der Waals surface area (Å²) in [6.07, 6.45) is -2.54. The zero-order valence-electron chi connectivity index (χ0n) is 19.5. The minimum Gasteiger partial charge on any atom is -0.458 e. The van der Waals surface area contributed by atoms with Crippen molar-refractivity contribution in [1.82, 2.24) is 0 Å². The SMILES string of the molecule is CC(=O)COC[C@H]1O[C@@H]2c3cc(C(C)(C)C)ccc3SC[C@@H]2[C@@H](OC(C)=O)[C@@H]1OC(C)=O. The van der Waals surface area contributed by atoms with Gasteiger partial charge >= 0.3 is 11.9 Å². The maximum absolute atomic E-state index is 12.0. The van der Waals surface area contributed by atoms with Crippen LogP contribution in [0.15, 0.2) is 23.1 Å². The van der Waals surface area contributed by atoms with Gasteiger partial charge in [-0.15, -0.1) is 11.8 Å². The van der Waals surface area contributed by atoms with E-state index in [1.807, 2.05) is 0 Å². The first-order valence-corrected chi connectivity index (χ1v) is 11.8. The molecule has 176 valence electrons. The molecule has 1 aromatic carbocycles. The third-order valence-corrected chi connectivity index (χ3v) is 6.86. The van der Waals surface area contributed by atoms with E-state index < -0.39 is 30.3 Å². The van der Waals surface area contributed by atoms with E-state index in [1.54, 1.807) is 11.8 Å². The Bertz CT molecular complexity index is 876. The van der Waals surface area contributed by atoms with Crippen LogP contribution < -0.4 is 0 Å². The van der Waals surface area contributed by atoms with Gasteiger partial charge < -0.3 is 18.9 Å². The average Bonchev–Trinajstić information content (AvgIpc) is 2.68. The van der Waals surface area contributed by atoms with E-state index in [1.165, 1.54) is 26.3 Å². The number of benzene rings is 1. The Kier molecular flexibility index (Phi) is 7.68. The summed E-state index contributed by atoms with van der Waals surface area (Å²) < 4.78 is 23.3. The molecular weight excluding hydrogens is 432 g/mol. The van der Waals surface area contributed by atoms with Crippen molar-refractivity contribution in [3.05, 3.63) is 29.3 Å². The smallest absolute Gasteiger partial charge is 0.303 e. The minimum absolute atomic E-state index is 0.0408. The fourth-order valence-corrected chi connectivity index (χ4v) is 5.41. The monoisotopic (exact) mass is 464 g/mol. The number of hydrogen-bond acceptors (Lipinski definition) is 8. The number of carbonyl (C=O) groups excluding carboxylic acids is 3. The molecule has 1 fully saturated rings. The number of ketones is 1. The van der Waals surface area contributed by atoms with Crippen LogP contribution in [0, 0.1) is 5.92 Å². The Labute approximate surface area is 193 Å². The summed E-state index contributed by atoms with van der Waals surface area (Å²) in [5, 5.41) is 0. The van der Waals surface area contributed by atoms with Gasteiger partial charge in [0.05, 0.1) is 12.7 Å². The third-order valence-electron chi connectivity index (χ3n) is 5.63. The van der Waals surface area contributed by atoms with Crippen LogP contribution in [0.2, 0.25) is 0 Å². The zero-order chi connectivity index (χ0) is 23.6. The van der Waals surface area contributed by atoms with Crippen molar-refractivity contribution in [3.63, 3.8) is 0 Å². The molecule has 0 saturated carbocycles. The number of fused-ring (bicyclic) bond motifs is 3. The lowest BCUT2D eigenvalue weighted by molar-refractivity contribution is -0.233. The minimum atomic E-state index is -0.822. The fourth-order valence-electron chi connectivity index (χ4n) is 4.17. The normalized spacial score (nSPS) is 27.1. The van der Waals surface area contributed by atoms with E-state index in [-0.39, 0.29) is 36.4 Å². The second-order valence-electron chi connectivity index (χ2n) is 9.44. The Balaban J connectivity index is 2.00. The number of rotatable bonds is 6. The van der Waals surface area contributed by atoms with E-state index in [2.05, 4.69) is 39.0 Å². The molecule has 3 rings (SSSR count). The van der Waals surface area contributed by atoms with Gasteiger partial charge in [-0.2, -0.15) is 0 Å². The van der Waals surface area contributed by atoms with Gasteiger partial charge in [0.15, 0.2) is 11.9 Å². The summed E-state index contributed by atoms with van der Waals surface area (Å²) in [5.41, 5.74) is 2.17. The number of carbonyl (C=O) groups is 3. The predicted molar refractivity (Wildman–Crippen MR) is 120 cm³/mol. The van der Waals surface area contributed by atoms with Gasteiger partial charge in [-0.25, -0.2) is 0 Å². The first-order chi connectivity index (χ1) is 15.0. The molecule has 2 aliphatic heterocycles. The summed E-state index contributed by atoms with van der Waals surface area (Å²) in [5.74, 6) is -0.600. The average molecular weight is 465 g/mol. The molecule has 0 unspecified atom stereocenters. The Morgan fingerprint density at radius 1 is 1.06 bits per heavy atom. The first-order valence-electron chi connectivity index (χ1n) is 10.8. The van der Waals surface area contributed by atoms with Gasteiger partial charge in [-0.05, 0) is 29.5 Å². The molecule has 7 nitrogen and oxygen atoms in total. The van der Waals surface area contributed by atoms with Crippen molar-refractivity contribution in [2.75, 3.05) is 19.0 Å². The molecular formula is C24H32O7S. The van der Waals surface area contributed by atoms with Crippen LogP contribution >= 0.6 is 11.8 Å². The number of hydrogen-bond donors (Lipinski definition) is 0. The van der Waals surface area contributed by atoms with Crippen molar-refractivity contribution in [2.24, 2.45) is 5.92 Å². The van der Waals surface area contributed by atoms with Crippen molar-refractivity contribution in [2.45, 2.75) is 76.3 Å². The quantitative estimate of drug-likeness (QED) is 0.590. The van der Waals surface area contributed by atoms with Gasteiger partial charge in [0.2, 0.25) is 0 Å². The number of thioether (sulfide) groups is 1. The molecule has 0 spiro atoms. The maximum Gasteiger partial charge on any atom is 0.303 e. The second-order valence-corrected chi connectivity index (χ2v) is 10.5. The molecule has 0 N–H and O–H groups in total. The summed E-state index contributed by atoms with van der Waals surface area (Å²) in [6, 6.07) is 6.40. The van der Waals surface area contributed by atoms with E-state index in [0.29, 0.717) is 5.75 Å². The van der Waals surface area contributed by atoms with Crippen LogP contribution in [0.5, 0.6) is 0 Å². The first kappa shape index (κ1) is 24.7. The predicted octanol–water partition coefficient (Wildman–Crippen LogP) is 3.61. The van der Waals surface area contributed by atoms with Crippen LogP contribution in [0.1, 0.15) is 58.8 Å². The lowest BCUT2D eigenvalue weighted by Crippen LogP contribution is -2.57. The van der Waals surface area contributed by atoms with Crippen molar-refractivity contribution >= 4 is 29.5 Å². The van der Waals surface area contributed by atoms with Gasteiger partial charge in [0, 0.05) is 30.4 Å². The lowest BCUT2D eigenvalue weighted by atomic mass is 9.81. The molecule has 0 bridgehead atoms. The molecule has 8 heteroatoms. The molecule has 0 aliphatic carbocycles. The number of esters is 2. The number of Topliss-reactive ketones (excluding diaryl/α,β-unsaturated/α-hetero) is 1. The summed E-state index contributed by atoms with van der Waals surface area (Å²) in [4.78, 5) is 36.3. The molecule has 2 aliphatic rings. The summed E-state index contributed by atoms with van der Waals surface area (Å²) in [6.45, 7) is 10.5. The third kappa shape index (κ3) is 5.71. The highest BCUT2D eigenvalue weighted by molar-refractivity contribution is 7.99. The van der Waals surface area contributed by atoms with Crippen LogP contribution in [0.25, 0.3) is 0 Å². The van der Waals surface area contributed by atoms with E-state index in [9.17, 15) is 14.4 Å². The van der Waals surface area contributed by atoms with E-state index >= 15 is 0 Å². The second kappa shape index (κ2) is 9.93. The highest BCUT2D eigenvalue weighted by atomic mass is 32.2. The fraction of sp³-hybridized carbons (Fsp3) is 0.625. The van der Waals surface area contributed by atoms with Crippen molar-refractivity contribution in [3.8, 4) is 0 Å². The van der Waals surface area contributed by atoms with Gasteiger partial charge in [0.25, 0.3) is 0 Å². The highest BCUT2D eigenvalue weighted by Gasteiger charge is 2.52. The Hall–Kier alpha value is -1.90. The van der Waals surface area contributed by atoms with E-state index in [4.69, 9.17) is 18.9 Å². The largest absolute Gasteiger partial charge is 0.458 e. The van der Waals surface area contributed by atoms with Gasteiger partial charge in [-0.3, -0.25) is 14.4 Å². The van der Waals surface area contributed by atoms with Crippen molar-refractivity contribution < 1.29 is 33.3 Å². The lowest BCUT2D eigenvalue weighted by Gasteiger charge is -2.47. The zero-order valence-corrected chi connectivity index (χ0v) is 20.3. The van der Waals surface area contributed by atoms with Crippen LogP contribution in [-0.4, -0.2) is 55.0 Å². The molecule has 1 aromatic rings. The Morgan fingerprint density at radius 3 is 2.31 bits per heavy atom. The summed E-state index contributed by atoms with van der Waals surface area (Å²) >= 11 is 1.68. The van der Waals surface area contributed by atoms with Crippen LogP contribution in [0.3, 0.4) is 0 Å². The summed E-state index contributed by atoms with van der Waals surface area (Å²) in [7, 11) is 0. The van der Waals surface area contributed by atoms with Crippen LogP contribution in [0.4, 0.5) is 0 Å². The maximum atomic E-state index is 12.0. The molecule has 5 atom stereocenters. The molecule has 1 saturated heterocycles. The Morgan fingerprint density at radius 2 is 1.72 bits per heavy atom. The highest BCUT2D eigenvalue weighted by Crippen LogP contribution is 2.49.